The van der Waals surface area contributed by atoms with Gasteiger partial charge in [-0.05, 0) is 41.0 Å². The maximum Gasteiger partial charge on any atom is 0.247 e. The van der Waals surface area contributed by atoms with E-state index >= 15 is 0 Å². The number of methoxy groups -OCH3 is 1. The van der Waals surface area contributed by atoms with Gasteiger partial charge in [0.1, 0.15) is 17.6 Å². The van der Waals surface area contributed by atoms with E-state index in [-0.39, 0.29) is 22.3 Å². The number of alkyl halides is 1. The molecule has 5 rings (SSSR count). The fraction of sp³-hybridized carbons (Fsp3) is 0.364. The predicted octanol–water partition coefficient (Wildman–Crippen LogP) is 4.37. The largest absolute Gasteiger partial charge is 0.497 e. The number of hydrogen-bond acceptors (Lipinski definition) is 7. The molecule has 2 saturated heterocycles. The maximum absolute atomic E-state index is 14.3. The number of nitrogens with zero attached hydrogens (tertiary/aromatic N) is 4. The van der Waals surface area contributed by atoms with Gasteiger partial charge >= 0.3 is 0 Å². The van der Waals surface area contributed by atoms with E-state index in [0.717, 1.165) is 41.3 Å². The van der Waals surface area contributed by atoms with Crippen molar-refractivity contribution < 1.29 is 23.8 Å². The van der Waals surface area contributed by atoms with Crippen molar-refractivity contribution in [2.75, 3.05) is 64.6 Å². The molecule has 2 unspecified atom stereocenters. The Kier molecular flexibility index (Phi) is 11.0. The van der Waals surface area contributed by atoms with Gasteiger partial charge < -0.3 is 28.9 Å². The van der Waals surface area contributed by atoms with Crippen LogP contribution < -0.4 is 9.64 Å². The summed E-state index contributed by atoms with van der Waals surface area (Å²) in [6.07, 6.45) is 5.13. The number of hydrogen-bond donors (Lipinski definition) is 0. The van der Waals surface area contributed by atoms with Crippen LogP contribution in [0.5, 0.6) is 5.75 Å². The van der Waals surface area contributed by atoms with Gasteiger partial charge in [0.05, 0.1) is 37.5 Å². The van der Waals surface area contributed by atoms with Gasteiger partial charge in [-0.25, -0.2) is 4.98 Å². The summed E-state index contributed by atoms with van der Waals surface area (Å²) in [4.78, 5) is 38.8. The van der Waals surface area contributed by atoms with Crippen LogP contribution >= 0.6 is 22.6 Å². The van der Waals surface area contributed by atoms with Crippen molar-refractivity contribution >= 4 is 46.3 Å². The molecule has 0 radical (unpaired) electrons. The molecule has 9 nitrogen and oxygen atoms in total. The minimum atomic E-state index is -0.743. The molecule has 2 aliphatic heterocycles. The highest BCUT2D eigenvalue weighted by atomic mass is 127. The third-order valence-electron chi connectivity index (χ3n) is 7.62. The van der Waals surface area contributed by atoms with Crippen LogP contribution in [0.1, 0.15) is 20.6 Å². The molecule has 0 spiro atoms. The number of rotatable bonds is 10. The van der Waals surface area contributed by atoms with Gasteiger partial charge in [0.2, 0.25) is 11.8 Å². The van der Waals surface area contributed by atoms with Crippen LogP contribution in [0.4, 0.5) is 5.82 Å². The van der Waals surface area contributed by atoms with E-state index in [1.807, 2.05) is 71.6 Å². The number of anilines is 1. The molecule has 10 heteroatoms. The first-order chi connectivity index (χ1) is 21.0. The van der Waals surface area contributed by atoms with Gasteiger partial charge in [0.25, 0.3) is 0 Å². The van der Waals surface area contributed by atoms with E-state index < -0.39 is 6.04 Å². The Morgan fingerprint density at radius 3 is 2.26 bits per heavy atom. The highest BCUT2D eigenvalue weighted by Gasteiger charge is 2.38. The Bertz CT molecular complexity index is 1360. The molecule has 2 amide bonds. The van der Waals surface area contributed by atoms with Crippen LogP contribution in [-0.4, -0.2) is 92.4 Å². The molecule has 0 N–H and O–H groups in total. The molecule has 3 aromatic rings. The maximum atomic E-state index is 14.3. The number of pyridine rings is 1. The second-order valence-corrected chi connectivity index (χ2v) is 11.7. The highest BCUT2D eigenvalue weighted by molar-refractivity contribution is 14.1. The first-order valence-electron chi connectivity index (χ1n) is 14.5. The Morgan fingerprint density at radius 1 is 0.953 bits per heavy atom. The van der Waals surface area contributed by atoms with Gasteiger partial charge in [0.15, 0.2) is 0 Å². The molecular weight excluding hydrogens is 659 g/mol. The zero-order valence-electron chi connectivity index (χ0n) is 24.3. The van der Waals surface area contributed by atoms with E-state index in [1.165, 1.54) is 0 Å². The van der Waals surface area contributed by atoms with Crippen molar-refractivity contribution in [2.24, 2.45) is 0 Å². The lowest BCUT2D eigenvalue weighted by Gasteiger charge is -2.38. The van der Waals surface area contributed by atoms with E-state index in [1.54, 1.807) is 30.4 Å². The molecule has 3 heterocycles. The Hall–Kier alpha value is -3.48. The summed E-state index contributed by atoms with van der Waals surface area (Å²) in [5.74, 6) is 1.28. The average molecular weight is 697 g/mol. The lowest BCUT2D eigenvalue weighted by molar-refractivity contribution is -0.147. The van der Waals surface area contributed by atoms with Crippen molar-refractivity contribution in [1.29, 1.82) is 0 Å². The highest BCUT2D eigenvalue weighted by Crippen LogP contribution is 2.33. The van der Waals surface area contributed by atoms with Gasteiger partial charge in [0, 0.05) is 45.0 Å². The minimum Gasteiger partial charge on any atom is -0.497 e. The molecular formula is C33H37IN4O5. The summed E-state index contributed by atoms with van der Waals surface area (Å²) < 4.78 is 16.0. The molecule has 2 fully saturated rings. The summed E-state index contributed by atoms with van der Waals surface area (Å²) in [6, 6.07) is 20.6. The quantitative estimate of drug-likeness (QED) is 0.177. The first kappa shape index (κ1) is 31.0. The van der Waals surface area contributed by atoms with Gasteiger partial charge in [-0.2, -0.15) is 0 Å². The topological polar surface area (TPSA) is 84.4 Å². The van der Waals surface area contributed by atoms with Crippen molar-refractivity contribution in [3.05, 3.63) is 95.7 Å². The average Bonchev–Trinajstić information content (AvgIpc) is 3.08. The van der Waals surface area contributed by atoms with Crippen LogP contribution in [-0.2, 0) is 25.6 Å². The Balaban J connectivity index is 1.48. The minimum absolute atomic E-state index is 0.0874. The second kappa shape index (κ2) is 15.3. The van der Waals surface area contributed by atoms with Crippen LogP contribution in [0.2, 0.25) is 0 Å². The number of morpholine rings is 2. The number of carbonyl (C=O) groups is 2. The molecule has 0 bridgehead atoms. The van der Waals surface area contributed by atoms with E-state index in [0.29, 0.717) is 39.5 Å². The van der Waals surface area contributed by atoms with E-state index in [2.05, 4.69) is 27.5 Å². The zero-order valence-corrected chi connectivity index (χ0v) is 26.5. The molecule has 43 heavy (non-hydrogen) atoms. The Labute approximate surface area is 266 Å². The number of ether oxygens (including phenoxy) is 3. The lowest BCUT2D eigenvalue weighted by atomic mass is 10.0. The smallest absolute Gasteiger partial charge is 0.247 e. The van der Waals surface area contributed by atoms with E-state index in [9.17, 15) is 9.59 Å². The van der Waals surface area contributed by atoms with Crippen molar-refractivity contribution in [2.45, 2.75) is 16.5 Å². The molecule has 2 atom stereocenters. The van der Waals surface area contributed by atoms with E-state index in [4.69, 9.17) is 19.2 Å². The standard InChI is InChI=1S/C33H37IN4O5/c1-41-28-11-7-25(8-12-28)10-14-30(39)38(24-26-9-13-29(35-23-26)36-15-19-42-20-16-36)32(31(34)27-5-3-2-4-6-27)33(40)37-17-21-43-22-18-37/h2-14,23,31-32H,15-22,24H2,1H3. The number of aromatic nitrogens is 1. The van der Waals surface area contributed by atoms with Crippen LogP contribution in [0.3, 0.4) is 0 Å². The molecule has 0 saturated carbocycles. The predicted molar refractivity (Wildman–Crippen MR) is 174 cm³/mol. The number of carbonyl (C=O) groups excluding carboxylic acids is 2. The fourth-order valence-corrected chi connectivity index (χ4v) is 6.30. The third-order valence-corrected chi connectivity index (χ3v) is 9.02. The van der Waals surface area contributed by atoms with Gasteiger partial charge in [-0.15, -0.1) is 0 Å². The van der Waals surface area contributed by atoms with Crippen LogP contribution in [0.15, 0.2) is 79.0 Å². The molecule has 2 aliphatic rings. The summed E-state index contributed by atoms with van der Waals surface area (Å²) in [5.41, 5.74) is 2.68. The summed E-state index contributed by atoms with van der Waals surface area (Å²) in [7, 11) is 1.62. The molecule has 226 valence electrons. The number of halogens is 1. The molecule has 2 aromatic carbocycles. The van der Waals surface area contributed by atoms with Gasteiger partial charge in [-0.1, -0.05) is 71.1 Å². The summed E-state index contributed by atoms with van der Waals surface area (Å²) in [5, 5.41) is 0. The summed E-state index contributed by atoms with van der Waals surface area (Å²) >= 11 is 2.31. The fourth-order valence-electron chi connectivity index (χ4n) is 5.18. The SMILES string of the molecule is COc1ccc(C=CC(=O)N(Cc2ccc(N3CCOCC3)nc2)C(C(=O)N2CCOCC2)C(I)c2ccccc2)cc1. The van der Waals surface area contributed by atoms with Crippen molar-refractivity contribution in [3.63, 3.8) is 0 Å². The molecule has 0 aliphatic carbocycles. The third kappa shape index (κ3) is 8.12. The normalized spacial score (nSPS) is 17.0. The second-order valence-electron chi connectivity index (χ2n) is 10.4. The first-order valence-corrected chi connectivity index (χ1v) is 15.7. The zero-order chi connectivity index (χ0) is 30.0. The summed E-state index contributed by atoms with van der Waals surface area (Å²) in [6.45, 7) is 5.10. The Morgan fingerprint density at radius 2 is 1.63 bits per heavy atom. The van der Waals surface area contributed by atoms with Gasteiger partial charge in [-0.3, -0.25) is 9.59 Å². The van der Waals surface area contributed by atoms with Crippen molar-refractivity contribution in [1.82, 2.24) is 14.8 Å². The van der Waals surface area contributed by atoms with Crippen LogP contribution in [0.25, 0.3) is 6.08 Å². The number of amides is 2. The number of benzene rings is 2. The van der Waals surface area contributed by atoms with Crippen LogP contribution in [0, 0.1) is 0 Å². The molecule has 1 aromatic heterocycles. The lowest BCUT2D eigenvalue weighted by Crippen LogP contribution is -2.54. The van der Waals surface area contributed by atoms with Crippen molar-refractivity contribution in [3.8, 4) is 5.75 Å². The monoisotopic (exact) mass is 696 g/mol.